The van der Waals surface area contributed by atoms with E-state index in [-0.39, 0.29) is 17.2 Å². The first-order valence-electron chi connectivity index (χ1n) is 8.91. The van der Waals surface area contributed by atoms with Crippen molar-refractivity contribution < 1.29 is 19.4 Å². The Bertz CT molecular complexity index is 929. The monoisotopic (exact) mass is 354 g/mol. The summed E-state index contributed by atoms with van der Waals surface area (Å²) in [5.74, 6) is -0.267. The number of ether oxygens (including phenoxy) is 1. The predicted molar refractivity (Wildman–Crippen MR) is 99.8 cm³/mol. The highest BCUT2D eigenvalue weighted by molar-refractivity contribution is 5.82. The number of fused-ring (bicyclic) bond motifs is 1. The van der Waals surface area contributed by atoms with Crippen LogP contribution in [-0.2, 0) is 0 Å². The maximum Gasteiger partial charge on any atom is 0.295 e. The highest BCUT2D eigenvalue weighted by atomic mass is 16.5. The fourth-order valence-corrected chi connectivity index (χ4v) is 3.51. The number of rotatable bonds is 4. The van der Waals surface area contributed by atoms with Crippen molar-refractivity contribution in [2.45, 2.75) is 38.1 Å². The maximum absolute atomic E-state index is 9.90. The standard InChI is InChI=1S/C20H22N2O4/c1-25-18-11-13(10-16(23)19(18)24)12-7-8-17-15(9-12)22-20(26-17)21-14-5-3-2-4-6-14/h7-11,14,23-24H,2-6H2,1H3,(H,21,22). The molecule has 4 rings (SSSR count). The van der Waals surface area contributed by atoms with Crippen molar-refractivity contribution in [3.63, 3.8) is 0 Å². The molecule has 0 atom stereocenters. The minimum Gasteiger partial charge on any atom is -0.504 e. The first-order chi connectivity index (χ1) is 12.6. The molecule has 1 heterocycles. The molecule has 3 N–H and O–H groups in total. The number of methoxy groups -OCH3 is 1. The number of anilines is 1. The maximum atomic E-state index is 9.90. The van der Waals surface area contributed by atoms with E-state index in [1.807, 2.05) is 18.2 Å². The molecule has 0 saturated heterocycles. The number of hydrogen-bond donors (Lipinski definition) is 3. The molecule has 0 bridgehead atoms. The van der Waals surface area contributed by atoms with Crippen LogP contribution in [0, 0.1) is 0 Å². The van der Waals surface area contributed by atoms with Gasteiger partial charge < -0.3 is 24.7 Å². The highest BCUT2D eigenvalue weighted by Crippen LogP contribution is 2.40. The Morgan fingerprint density at radius 2 is 1.88 bits per heavy atom. The fraction of sp³-hybridized carbons (Fsp3) is 0.350. The lowest BCUT2D eigenvalue weighted by Crippen LogP contribution is -2.22. The van der Waals surface area contributed by atoms with Crippen molar-refractivity contribution in [2.75, 3.05) is 12.4 Å². The Hall–Kier alpha value is -2.89. The van der Waals surface area contributed by atoms with E-state index in [0.29, 0.717) is 17.6 Å². The van der Waals surface area contributed by atoms with Gasteiger partial charge in [-0.1, -0.05) is 25.3 Å². The van der Waals surface area contributed by atoms with Crippen LogP contribution in [0.1, 0.15) is 32.1 Å². The number of phenols is 2. The second-order valence-corrected chi connectivity index (χ2v) is 6.73. The molecule has 0 aliphatic heterocycles. The lowest BCUT2D eigenvalue weighted by molar-refractivity contribution is 0.351. The van der Waals surface area contributed by atoms with E-state index < -0.39 is 0 Å². The number of aromatic nitrogens is 1. The van der Waals surface area contributed by atoms with Crippen LogP contribution in [0.4, 0.5) is 6.01 Å². The third kappa shape index (κ3) is 3.14. The van der Waals surface area contributed by atoms with Gasteiger partial charge in [-0.2, -0.15) is 4.98 Å². The first kappa shape index (κ1) is 16.6. The van der Waals surface area contributed by atoms with E-state index in [0.717, 1.165) is 29.5 Å². The number of benzene rings is 2. The molecular formula is C20H22N2O4. The summed E-state index contributed by atoms with van der Waals surface area (Å²) in [7, 11) is 1.45. The Kier molecular flexibility index (Phi) is 4.32. The topological polar surface area (TPSA) is 87.8 Å². The lowest BCUT2D eigenvalue weighted by atomic mass is 9.96. The summed E-state index contributed by atoms with van der Waals surface area (Å²) in [5, 5.41) is 23.1. The molecule has 0 unspecified atom stereocenters. The van der Waals surface area contributed by atoms with Crippen LogP contribution < -0.4 is 10.1 Å². The molecule has 0 amide bonds. The molecule has 1 aliphatic rings. The largest absolute Gasteiger partial charge is 0.504 e. The molecule has 0 spiro atoms. The van der Waals surface area contributed by atoms with Crippen molar-refractivity contribution in [2.24, 2.45) is 0 Å². The molecule has 1 saturated carbocycles. The summed E-state index contributed by atoms with van der Waals surface area (Å²) in [6.45, 7) is 0. The SMILES string of the molecule is COc1cc(-c2ccc3oc(NC4CCCCC4)nc3c2)cc(O)c1O. The number of oxazole rings is 1. The predicted octanol–water partition coefficient (Wildman–Crippen LogP) is 4.66. The molecule has 3 aromatic rings. The summed E-state index contributed by atoms with van der Waals surface area (Å²) >= 11 is 0. The van der Waals surface area contributed by atoms with Crippen molar-refractivity contribution >= 4 is 17.1 Å². The molecule has 2 aromatic carbocycles. The highest BCUT2D eigenvalue weighted by Gasteiger charge is 2.17. The quantitative estimate of drug-likeness (QED) is 0.591. The minimum absolute atomic E-state index is 0.222. The third-order valence-corrected chi connectivity index (χ3v) is 4.93. The van der Waals surface area contributed by atoms with Gasteiger partial charge in [-0.3, -0.25) is 0 Å². The Morgan fingerprint density at radius 3 is 2.65 bits per heavy atom. The summed E-state index contributed by atoms with van der Waals surface area (Å²) in [5.41, 5.74) is 3.03. The molecule has 0 radical (unpaired) electrons. The van der Waals surface area contributed by atoms with Gasteiger partial charge in [0.15, 0.2) is 17.1 Å². The van der Waals surface area contributed by atoms with Crippen LogP contribution in [0.2, 0.25) is 0 Å². The first-order valence-corrected chi connectivity index (χ1v) is 8.91. The van der Waals surface area contributed by atoms with Crippen LogP contribution >= 0.6 is 0 Å². The lowest BCUT2D eigenvalue weighted by Gasteiger charge is -2.21. The molecule has 26 heavy (non-hydrogen) atoms. The van der Waals surface area contributed by atoms with Crippen molar-refractivity contribution in [3.05, 3.63) is 30.3 Å². The second kappa shape index (κ2) is 6.78. The van der Waals surface area contributed by atoms with Crippen molar-refractivity contribution in [1.29, 1.82) is 0 Å². The molecule has 1 aliphatic carbocycles. The second-order valence-electron chi connectivity index (χ2n) is 6.73. The molecule has 1 aromatic heterocycles. The average molecular weight is 354 g/mol. The van der Waals surface area contributed by atoms with Crippen LogP contribution in [0.15, 0.2) is 34.7 Å². The van der Waals surface area contributed by atoms with Gasteiger partial charge in [-0.05, 0) is 48.2 Å². The number of hydrogen-bond acceptors (Lipinski definition) is 6. The molecule has 136 valence electrons. The number of phenolic OH excluding ortho intramolecular Hbond substituents is 2. The summed E-state index contributed by atoms with van der Waals surface area (Å²) in [6, 6.07) is 9.81. The minimum atomic E-state index is -0.266. The summed E-state index contributed by atoms with van der Waals surface area (Å²) < 4.78 is 10.9. The van der Waals surface area contributed by atoms with Gasteiger partial charge in [0.1, 0.15) is 5.52 Å². The van der Waals surface area contributed by atoms with E-state index in [2.05, 4.69) is 10.3 Å². The Labute approximate surface area is 151 Å². The summed E-state index contributed by atoms with van der Waals surface area (Å²) in [6.07, 6.45) is 6.09. The Morgan fingerprint density at radius 1 is 1.08 bits per heavy atom. The summed E-state index contributed by atoms with van der Waals surface area (Å²) in [4.78, 5) is 4.55. The normalized spacial score (nSPS) is 15.3. The zero-order valence-electron chi connectivity index (χ0n) is 14.7. The third-order valence-electron chi connectivity index (χ3n) is 4.93. The van der Waals surface area contributed by atoms with Gasteiger partial charge in [0.2, 0.25) is 5.75 Å². The van der Waals surface area contributed by atoms with E-state index in [4.69, 9.17) is 9.15 Å². The van der Waals surface area contributed by atoms with E-state index in [1.165, 1.54) is 32.4 Å². The molecular weight excluding hydrogens is 332 g/mol. The average Bonchev–Trinajstić information content (AvgIpc) is 3.06. The van der Waals surface area contributed by atoms with Crippen molar-refractivity contribution in [1.82, 2.24) is 4.98 Å². The fourth-order valence-electron chi connectivity index (χ4n) is 3.51. The van der Waals surface area contributed by atoms with Gasteiger partial charge in [0.05, 0.1) is 7.11 Å². The smallest absolute Gasteiger partial charge is 0.295 e. The number of aromatic hydroxyl groups is 2. The zero-order chi connectivity index (χ0) is 18.1. The van der Waals surface area contributed by atoms with Crippen LogP contribution in [0.5, 0.6) is 17.2 Å². The molecule has 6 heteroatoms. The molecule has 1 fully saturated rings. The van der Waals surface area contributed by atoms with Crippen LogP contribution in [0.3, 0.4) is 0 Å². The van der Waals surface area contributed by atoms with Crippen LogP contribution in [-0.4, -0.2) is 28.3 Å². The van der Waals surface area contributed by atoms with Gasteiger partial charge >= 0.3 is 0 Å². The van der Waals surface area contributed by atoms with Gasteiger partial charge in [0, 0.05) is 6.04 Å². The number of nitrogens with zero attached hydrogens (tertiary/aromatic N) is 1. The van der Waals surface area contributed by atoms with Gasteiger partial charge in [0.25, 0.3) is 6.01 Å². The van der Waals surface area contributed by atoms with E-state index in [9.17, 15) is 10.2 Å². The van der Waals surface area contributed by atoms with E-state index in [1.54, 1.807) is 6.07 Å². The zero-order valence-corrected chi connectivity index (χ0v) is 14.7. The van der Waals surface area contributed by atoms with Gasteiger partial charge in [-0.15, -0.1) is 0 Å². The van der Waals surface area contributed by atoms with E-state index >= 15 is 0 Å². The van der Waals surface area contributed by atoms with Gasteiger partial charge in [-0.25, -0.2) is 0 Å². The number of nitrogens with one attached hydrogen (secondary N) is 1. The van der Waals surface area contributed by atoms with Crippen molar-refractivity contribution in [3.8, 4) is 28.4 Å². The molecule has 6 nitrogen and oxygen atoms in total. The Balaban J connectivity index is 1.64. The van der Waals surface area contributed by atoms with Crippen LogP contribution in [0.25, 0.3) is 22.2 Å².